The molecule has 0 radical (unpaired) electrons. The van der Waals surface area contributed by atoms with Crippen LogP contribution in [0.3, 0.4) is 0 Å². The molecule has 0 saturated carbocycles. The minimum atomic E-state index is 0.905. The van der Waals surface area contributed by atoms with E-state index < -0.39 is 0 Å². The number of nitrogens with zero attached hydrogens (tertiary/aromatic N) is 1. The Kier molecular flexibility index (Phi) is 5.48. The van der Waals surface area contributed by atoms with E-state index in [2.05, 4.69) is 164 Å². The van der Waals surface area contributed by atoms with Crippen molar-refractivity contribution in [2.75, 3.05) is 0 Å². The zero-order chi connectivity index (χ0) is 31.2. The van der Waals surface area contributed by atoms with Crippen molar-refractivity contribution in [3.8, 4) is 39.1 Å². The predicted molar refractivity (Wildman–Crippen MR) is 201 cm³/mol. The van der Waals surface area contributed by atoms with Gasteiger partial charge in [0, 0.05) is 22.0 Å². The molecule has 2 aliphatic rings. The number of aromatic nitrogens is 1. The zero-order valence-corrected chi connectivity index (χ0v) is 26.2. The first-order valence-corrected chi connectivity index (χ1v) is 16.5. The topological polar surface area (TPSA) is 4.93 Å². The van der Waals surface area contributed by atoms with E-state index in [1.54, 1.807) is 0 Å². The van der Waals surface area contributed by atoms with Crippen LogP contribution in [-0.2, 0) is 6.42 Å². The molecule has 2 aliphatic carbocycles. The summed E-state index contributed by atoms with van der Waals surface area (Å²) in [6.45, 7) is 6.44. The van der Waals surface area contributed by atoms with E-state index in [0.717, 1.165) is 6.42 Å². The van der Waals surface area contributed by atoms with Gasteiger partial charge in [0.2, 0.25) is 0 Å². The highest BCUT2D eigenvalue weighted by atomic mass is 15.0. The lowest BCUT2D eigenvalue weighted by Crippen LogP contribution is -1.99. The van der Waals surface area contributed by atoms with Crippen LogP contribution in [0.25, 0.3) is 88.0 Å². The van der Waals surface area contributed by atoms with Gasteiger partial charge < -0.3 is 4.57 Å². The van der Waals surface area contributed by atoms with Crippen LogP contribution in [0.15, 0.2) is 158 Å². The van der Waals surface area contributed by atoms with Crippen LogP contribution in [0.1, 0.15) is 18.1 Å². The van der Waals surface area contributed by atoms with Crippen molar-refractivity contribution in [2.45, 2.75) is 13.3 Å². The number of fused-ring (bicyclic) bond motifs is 11. The molecular formula is C46H31N. The number of para-hydroxylation sites is 1. The van der Waals surface area contributed by atoms with Crippen molar-refractivity contribution in [2.24, 2.45) is 0 Å². The summed E-state index contributed by atoms with van der Waals surface area (Å²) in [4.78, 5) is 0. The van der Waals surface area contributed by atoms with Crippen molar-refractivity contribution in [3.63, 3.8) is 0 Å². The fraction of sp³-hybridized carbons (Fsp3) is 0.0435. The van der Waals surface area contributed by atoms with Crippen LogP contribution in [-0.4, -0.2) is 4.57 Å². The molecule has 1 heteroatoms. The highest BCUT2D eigenvalue weighted by molar-refractivity contribution is 6.26. The molecule has 0 bridgehead atoms. The summed E-state index contributed by atoms with van der Waals surface area (Å²) >= 11 is 0. The third-order valence-corrected chi connectivity index (χ3v) is 10.5. The summed E-state index contributed by atoms with van der Waals surface area (Å²) in [6.07, 6.45) is 7.39. The van der Waals surface area contributed by atoms with Crippen LogP contribution in [0.5, 0.6) is 0 Å². The first-order valence-electron chi connectivity index (χ1n) is 16.5. The van der Waals surface area contributed by atoms with E-state index in [1.807, 2.05) is 0 Å². The van der Waals surface area contributed by atoms with Crippen LogP contribution in [0, 0.1) is 0 Å². The molecule has 7 aromatic carbocycles. The Morgan fingerprint density at radius 1 is 0.596 bits per heavy atom. The highest BCUT2D eigenvalue weighted by Crippen LogP contribution is 2.50. The summed E-state index contributed by atoms with van der Waals surface area (Å²) in [5, 5.41) is 7.89. The maximum absolute atomic E-state index is 4.33. The Morgan fingerprint density at radius 3 is 2.06 bits per heavy atom. The molecule has 47 heavy (non-hydrogen) atoms. The van der Waals surface area contributed by atoms with Crippen molar-refractivity contribution in [1.29, 1.82) is 0 Å². The largest absolute Gasteiger partial charge is 0.309 e. The maximum atomic E-state index is 4.33. The second kappa shape index (κ2) is 9.79. The third-order valence-electron chi connectivity index (χ3n) is 10.5. The average Bonchev–Trinajstić information content (AvgIpc) is 3.78. The van der Waals surface area contributed by atoms with Gasteiger partial charge in [-0.3, -0.25) is 0 Å². The van der Waals surface area contributed by atoms with Gasteiger partial charge in [-0.15, -0.1) is 0 Å². The number of benzene rings is 7. The van der Waals surface area contributed by atoms with Crippen molar-refractivity contribution >= 4 is 48.9 Å². The normalized spacial score (nSPS) is 13.5. The van der Waals surface area contributed by atoms with E-state index in [4.69, 9.17) is 0 Å². The Balaban J connectivity index is 1.29. The quantitative estimate of drug-likeness (QED) is 0.190. The lowest BCUT2D eigenvalue weighted by Gasteiger charge is -2.16. The Morgan fingerprint density at radius 2 is 1.26 bits per heavy atom. The monoisotopic (exact) mass is 597 g/mol. The van der Waals surface area contributed by atoms with Crippen molar-refractivity contribution < 1.29 is 0 Å². The summed E-state index contributed by atoms with van der Waals surface area (Å²) in [5.74, 6) is 0. The van der Waals surface area contributed by atoms with Crippen molar-refractivity contribution in [3.05, 3.63) is 169 Å². The third kappa shape index (κ3) is 3.49. The highest BCUT2D eigenvalue weighted by Gasteiger charge is 2.28. The number of hydrogen-bond acceptors (Lipinski definition) is 0. The van der Waals surface area contributed by atoms with Gasteiger partial charge in [0.1, 0.15) is 0 Å². The zero-order valence-electron chi connectivity index (χ0n) is 26.2. The molecule has 220 valence electrons. The maximum Gasteiger partial charge on any atom is 0.0628 e. The van der Waals surface area contributed by atoms with E-state index in [9.17, 15) is 0 Å². The summed E-state index contributed by atoms with van der Waals surface area (Å²) in [5.41, 5.74) is 16.7. The van der Waals surface area contributed by atoms with Crippen LogP contribution in [0.2, 0.25) is 0 Å². The van der Waals surface area contributed by atoms with Gasteiger partial charge in [-0.2, -0.15) is 0 Å². The molecule has 0 unspecified atom stereocenters. The van der Waals surface area contributed by atoms with Crippen molar-refractivity contribution in [1.82, 2.24) is 4.57 Å². The fourth-order valence-corrected chi connectivity index (χ4v) is 8.64. The number of rotatable bonds is 4. The molecule has 10 rings (SSSR count). The molecule has 0 aliphatic heterocycles. The van der Waals surface area contributed by atoms with E-state index in [1.165, 1.54) is 105 Å². The molecule has 0 fully saturated rings. The minimum Gasteiger partial charge on any atom is -0.309 e. The Bertz CT molecular complexity index is 2700. The van der Waals surface area contributed by atoms with E-state index >= 15 is 0 Å². The van der Waals surface area contributed by atoms with Gasteiger partial charge in [-0.1, -0.05) is 134 Å². The Hall–Kier alpha value is -5.92. The number of hydrogen-bond donors (Lipinski definition) is 0. The summed E-state index contributed by atoms with van der Waals surface area (Å²) in [6, 6.07) is 47.2. The molecule has 0 saturated heterocycles. The first-order chi connectivity index (χ1) is 23.3. The van der Waals surface area contributed by atoms with Crippen LogP contribution in [0.4, 0.5) is 0 Å². The van der Waals surface area contributed by atoms with E-state index in [0.29, 0.717) is 0 Å². The molecule has 8 aromatic rings. The second-order valence-corrected chi connectivity index (χ2v) is 12.8. The smallest absolute Gasteiger partial charge is 0.0628 e. The molecule has 1 nitrogen and oxygen atoms in total. The average molecular weight is 598 g/mol. The summed E-state index contributed by atoms with van der Waals surface area (Å²) < 4.78 is 2.51. The number of allylic oxidation sites excluding steroid dienone is 5. The Labute approximate surface area is 274 Å². The lowest BCUT2D eigenvalue weighted by atomic mass is 9.93. The first kappa shape index (κ1) is 26.3. The molecule has 1 heterocycles. The molecule has 0 amide bonds. The standard InChI is InChI=1S/C46H31N/c1-3-13-28-27-41-35-18-7-8-19-38(35)45-40-20-9-10-23-42(40)47(46(45)44(41)31(28)4-2)30-15-11-14-29(26-30)32-24-25-39-34-17-6-5-16-33(34)37-22-12-21-36(32)43(37)39/h3-26H,2,27H2,1H3/b13-3-. The molecule has 0 N–H and O–H groups in total. The second-order valence-electron chi connectivity index (χ2n) is 12.8. The summed E-state index contributed by atoms with van der Waals surface area (Å²) in [7, 11) is 0. The molecule has 0 spiro atoms. The van der Waals surface area contributed by atoms with Crippen LogP contribution >= 0.6 is 0 Å². The van der Waals surface area contributed by atoms with Gasteiger partial charge >= 0.3 is 0 Å². The van der Waals surface area contributed by atoms with Gasteiger partial charge in [-0.25, -0.2) is 0 Å². The van der Waals surface area contributed by atoms with Gasteiger partial charge in [0.25, 0.3) is 0 Å². The lowest BCUT2D eigenvalue weighted by molar-refractivity contribution is 1.17. The molecule has 0 atom stereocenters. The predicted octanol–water partition coefficient (Wildman–Crippen LogP) is 12.5. The van der Waals surface area contributed by atoms with Gasteiger partial charge in [-0.05, 0) is 103 Å². The SMILES string of the molecule is C=CC1=C(/C=C\C)Cc2c1c1c(c3ccccc23)c2ccccc2n1-c1cccc(-c2ccc3c4c(cccc24)-c2ccccc2-3)c1. The van der Waals surface area contributed by atoms with Crippen LogP contribution < -0.4 is 0 Å². The molecular weight excluding hydrogens is 567 g/mol. The van der Waals surface area contributed by atoms with Gasteiger partial charge in [0.05, 0.1) is 11.0 Å². The minimum absolute atomic E-state index is 0.905. The van der Waals surface area contributed by atoms with E-state index in [-0.39, 0.29) is 0 Å². The fourth-order valence-electron chi connectivity index (χ4n) is 8.64. The van der Waals surface area contributed by atoms with Gasteiger partial charge in [0.15, 0.2) is 0 Å². The molecule has 1 aromatic heterocycles.